The maximum Gasteiger partial charge on any atom is 0.230 e. The Kier molecular flexibility index (Phi) is 6.09. The molecule has 1 amide bonds. The van der Waals surface area contributed by atoms with E-state index < -0.39 is 0 Å². The van der Waals surface area contributed by atoms with Crippen molar-refractivity contribution in [2.75, 3.05) is 12.3 Å². The Morgan fingerprint density at radius 1 is 1.32 bits per heavy atom. The molecule has 0 atom stereocenters. The smallest absolute Gasteiger partial charge is 0.230 e. The van der Waals surface area contributed by atoms with Gasteiger partial charge in [0.2, 0.25) is 5.91 Å². The molecule has 0 aromatic rings. The van der Waals surface area contributed by atoms with Gasteiger partial charge in [0, 0.05) is 19.2 Å². The highest BCUT2D eigenvalue weighted by Crippen LogP contribution is 2.22. The summed E-state index contributed by atoms with van der Waals surface area (Å²) in [5.74, 6) is 0.996. The number of nitrogens with zero attached hydrogens (tertiary/aromatic N) is 2. The van der Waals surface area contributed by atoms with E-state index in [-0.39, 0.29) is 5.91 Å². The van der Waals surface area contributed by atoms with E-state index in [0.29, 0.717) is 0 Å². The molecule has 0 saturated carbocycles. The molecule has 1 aliphatic rings. The van der Waals surface area contributed by atoms with Crippen molar-refractivity contribution < 1.29 is 4.79 Å². The second-order valence-electron chi connectivity index (χ2n) is 4.86. The molecule has 0 spiro atoms. The first-order chi connectivity index (χ1) is 8.91. The molecular formula is C15H22N2OS. The molecule has 0 bridgehead atoms. The molecule has 4 heteroatoms. The molecule has 0 aliphatic carbocycles. The van der Waals surface area contributed by atoms with E-state index >= 15 is 0 Å². The van der Waals surface area contributed by atoms with Gasteiger partial charge >= 0.3 is 0 Å². The van der Waals surface area contributed by atoms with Crippen LogP contribution >= 0.6 is 11.8 Å². The van der Waals surface area contributed by atoms with Crippen LogP contribution in [0.4, 0.5) is 0 Å². The third-order valence-corrected chi connectivity index (χ3v) is 3.44. The Bertz CT molecular complexity index is 457. The number of hydrogen-bond donors (Lipinski definition) is 0. The lowest BCUT2D eigenvalue weighted by Crippen LogP contribution is -2.33. The van der Waals surface area contributed by atoms with Gasteiger partial charge in [0.25, 0.3) is 0 Å². The van der Waals surface area contributed by atoms with Crippen molar-refractivity contribution in [1.82, 2.24) is 4.90 Å². The lowest BCUT2D eigenvalue weighted by Gasteiger charge is -2.26. The first-order valence-electron chi connectivity index (χ1n) is 6.42. The molecule has 1 rings (SSSR count). The van der Waals surface area contributed by atoms with E-state index in [9.17, 15) is 4.79 Å². The number of rotatable bonds is 3. The summed E-state index contributed by atoms with van der Waals surface area (Å²) in [7, 11) is 0. The molecule has 0 aromatic carbocycles. The third-order valence-electron chi connectivity index (χ3n) is 2.38. The van der Waals surface area contributed by atoms with Crippen LogP contribution in [0.3, 0.4) is 0 Å². The molecule has 0 N–H and O–H groups in total. The fourth-order valence-corrected chi connectivity index (χ4v) is 2.73. The minimum absolute atomic E-state index is 0.0156. The predicted molar refractivity (Wildman–Crippen MR) is 84.2 cm³/mol. The summed E-state index contributed by atoms with van der Waals surface area (Å²) >= 11 is 1.64. The standard InChI is InChI=1S/C15H22N2OS/c1-11(2)9-14(10-12(3)4)17(13(5)18)15-16-7-6-8-19-15/h9-10H,1,6-8H2,2-5H3. The lowest BCUT2D eigenvalue weighted by atomic mass is 10.2. The topological polar surface area (TPSA) is 32.7 Å². The zero-order chi connectivity index (χ0) is 14.4. The number of hydrogen-bond acceptors (Lipinski definition) is 3. The van der Waals surface area contributed by atoms with E-state index in [2.05, 4.69) is 11.6 Å². The fourth-order valence-electron chi connectivity index (χ4n) is 1.73. The van der Waals surface area contributed by atoms with Gasteiger partial charge in [0.15, 0.2) is 5.17 Å². The Hall–Kier alpha value is -1.29. The van der Waals surface area contributed by atoms with Gasteiger partial charge in [-0.25, -0.2) is 0 Å². The van der Waals surface area contributed by atoms with Gasteiger partial charge in [-0.15, -0.1) is 0 Å². The molecule has 0 saturated heterocycles. The minimum atomic E-state index is -0.0156. The molecule has 104 valence electrons. The zero-order valence-electron chi connectivity index (χ0n) is 12.2. The van der Waals surface area contributed by atoms with Gasteiger partial charge in [-0.1, -0.05) is 29.5 Å². The van der Waals surface area contributed by atoms with Crippen molar-refractivity contribution in [2.24, 2.45) is 4.99 Å². The van der Waals surface area contributed by atoms with Gasteiger partial charge in [0.05, 0.1) is 5.70 Å². The van der Waals surface area contributed by atoms with Crippen LogP contribution in [0.25, 0.3) is 0 Å². The second-order valence-corrected chi connectivity index (χ2v) is 5.92. The highest BCUT2D eigenvalue weighted by molar-refractivity contribution is 8.13. The van der Waals surface area contributed by atoms with Crippen molar-refractivity contribution in [3.63, 3.8) is 0 Å². The molecule has 0 unspecified atom stereocenters. The average molecular weight is 278 g/mol. The summed E-state index contributed by atoms with van der Waals surface area (Å²) < 4.78 is 0. The number of carbonyl (C=O) groups is 1. The number of amidine groups is 1. The Morgan fingerprint density at radius 2 is 2.00 bits per heavy atom. The second kappa shape index (κ2) is 7.34. The van der Waals surface area contributed by atoms with Gasteiger partial charge in [-0.2, -0.15) is 0 Å². The number of amides is 1. The van der Waals surface area contributed by atoms with Crippen LogP contribution in [0.5, 0.6) is 0 Å². The number of aliphatic imine (C=N–C) groups is 1. The lowest BCUT2D eigenvalue weighted by molar-refractivity contribution is -0.123. The minimum Gasteiger partial charge on any atom is -0.274 e. The van der Waals surface area contributed by atoms with Crippen molar-refractivity contribution in [2.45, 2.75) is 34.1 Å². The molecule has 19 heavy (non-hydrogen) atoms. The highest BCUT2D eigenvalue weighted by Gasteiger charge is 2.21. The molecule has 3 nitrogen and oxygen atoms in total. The van der Waals surface area contributed by atoms with Crippen LogP contribution in [-0.2, 0) is 4.79 Å². The van der Waals surface area contributed by atoms with Crippen molar-refractivity contribution in [3.05, 3.63) is 35.6 Å². The summed E-state index contributed by atoms with van der Waals surface area (Å²) in [5, 5.41) is 0.795. The monoisotopic (exact) mass is 278 g/mol. The summed E-state index contributed by atoms with van der Waals surface area (Å²) in [6.07, 6.45) is 4.99. The zero-order valence-corrected chi connectivity index (χ0v) is 13.0. The van der Waals surface area contributed by atoms with Crippen LogP contribution in [0.15, 0.2) is 40.6 Å². The van der Waals surface area contributed by atoms with Crippen molar-refractivity contribution >= 4 is 22.8 Å². The van der Waals surface area contributed by atoms with Gasteiger partial charge in [0.1, 0.15) is 0 Å². The van der Waals surface area contributed by atoms with Crippen LogP contribution in [0, 0.1) is 0 Å². The molecule has 0 radical (unpaired) electrons. The first-order valence-corrected chi connectivity index (χ1v) is 7.40. The van der Waals surface area contributed by atoms with Crippen LogP contribution in [0.1, 0.15) is 34.1 Å². The van der Waals surface area contributed by atoms with E-state index in [1.54, 1.807) is 23.6 Å². The maximum atomic E-state index is 12.0. The average Bonchev–Trinajstić information content (AvgIpc) is 2.28. The van der Waals surface area contributed by atoms with Gasteiger partial charge in [-0.3, -0.25) is 14.7 Å². The number of allylic oxidation sites excluding steroid dienone is 4. The predicted octanol–water partition coefficient (Wildman–Crippen LogP) is 3.75. The van der Waals surface area contributed by atoms with Crippen LogP contribution in [-0.4, -0.2) is 28.3 Å². The van der Waals surface area contributed by atoms with E-state index in [4.69, 9.17) is 0 Å². The van der Waals surface area contributed by atoms with Gasteiger partial charge < -0.3 is 0 Å². The first kappa shape index (κ1) is 15.8. The Morgan fingerprint density at radius 3 is 2.42 bits per heavy atom. The third kappa shape index (κ3) is 5.07. The van der Waals surface area contributed by atoms with Crippen LogP contribution in [0.2, 0.25) is 0 Å². The summed E-state index contributed by atoms with van der Waals surface area (Å²) in [4.78, 5) is 18.1. The molecular weight excluding hydrogens is 256 g/mol. The normalized spacial score (nSPS) is 15.6. The molecule has 0 aromatic heterocycles. The summed E-state index contributed by atoms with van der Waals surface area (Å²) in [6, 6.07) is 0. The van der Waals surface area contributed by atoms with E-state index in [0.717, 1.165) is 40.7 Å². The Labute approximate surface area is 120 Å². The maximum absolute atomic E-state index is 12.0. The van der Waals surface area contributed by atoms with Crippen LogP contribution < -0.4 is 0 Å². The number of carbonyl (C=O) groups excluding carboxylic acids is 1. The molecule has 0 fully saturated rings. The Balaban J connectivity index is 3.20. The highest BCUT2D eigenvalue weighted by atomic mass is 32.2. The van der Waals surface area contributed by atoms with Crippen molar-refractivity contribution in [1.29, 1.82) is 0 Å². The summed E-state index contributed by atoms with van der Waals surface area (Å²) in [6.45, 7) is 12.2. The van der Waals surface area contributed by atoms with E-state index in [1.807, 2.05) is 32.9 Å². The summed E-state index contributed by atoms with van der Waals surface area (Å²) in [5.41, 5.74) is 2.90. The largest absolute Gasteiger partial charge is 0.274 e. The quantitative estimate of drug-likeness (QED) is 0.736. The SMILES string of the molecule is C=C(C)C=C(C=C(C)C)N(C(C)=O)C1=NCCCS1. The van der Waals surface area contributed by atoms with Crippen molar-refractivity contribution in [3.8, 4) is 0 Å². The number of thioether (sulfide) groups is 1. The van der Waals surface area contributed by atoms with Gasteiger partial charge in [-0.05, 0) is 39.3 Å². The molecule has 1 aliphatic heterocycles. The molecule has 1 heterocycles. The van der Waals surface area contributed by atoms with E-state index in [1.165, 1.54) is 0 Å². The fraction of sp³-hybridized carbons (Fsp3) is 0.467.